The van der Waals surface area contributed by atoms with E-state index in [0.717, 1.165) is 6.29 Å². The van der Waals surface area contributed by atoms with Gasteiger partial charge in [-0.3, -0.25) is 0 Å². The molecule has 0 aromatic rings. The second-order valence-corrected chi connectivity index (χ2v) is 3.04. The van der Waals surface area contributed by atoms with Gasteiger partial charge in [0.25, 0.3) is 0 Å². The molecule has 2 nitrogen and oxygen atoms in total. The van der Waals surface area contributed by atoms with Gasteiger partial charge in [0.15, 0.2) is 0 Å². The molecule has 0 aliphatic rings. The summed E-state index contributed by atoms with van der Waals surface area (Å²) in [6, 6.07) is 0. The van der Waals surface area contributed by atoms with Gasteiger partial charge < -0.3 is 9.53 Å². The number of aldehydes is 1. The van der Waals surface area contributed by atoms with Crippen LogP contribution in [0.5, 0.6) is 0 Å². The van der Waals surface area contributed by atoms with E-state index < -0.39 is 0 Å². The monoisotopic (exact) mass is 154 g/mol. The number of ether oxygens (including phenoxy) is 1. The molecule has 0 unspecified atom stereocenters. The van der Waals surface area contributed by atoms with Crippen LogP contribution in [0.4, 0.5) is 0 Å². The minimum atomic E-state index is -0.219. The fourth-order valence-electron chi connectivity index (χ4n) is 0.500. The lowest BCUT2D eigenvalue weighted by molar-refractivity contribution is -0.108. The number of hydrogen-bond donors (Lipinski definition) is 0. The average Bonchev–Trinajstić information content (AvgIpc) is 1.99. The van der Waals surface area contributed by atoms with Gasteiger partial charge in [-0.25, -0.2) is 0 Å². The minimum absolute atomic E-state index is 0.219. The quantitative estimate of drug-likeness (QED) is 0.338. The Balaban J connectivity index is 3.39. The number of terminal acetylenes is 1. The Morgan fingerprint density at radius 1 is 1.64 bits per heavy atom. The predicted molar refractivity (Wildman–Crippen MR) is 44.1 cm³/mol. The van der Waals surface area contributed by atoms with Gasteiger partial charge in [-0.2, -0.15) is 0 Å². The molecule has 0 fully saturated rings. The molecule has 62 valence electrons. The first-order valence-corrected chi connectivity index (χ1v) is 3.61. The van der Waals surface area contributed by atoms with Crippen molar-refractivity contribution in [3.63, 3.8) is 0 Å². The van der Waals surface area contributed by atoms with Crippen LogP contribution in [0.15, 0.2) is 0 Å². The lowest BCUT2D eigenvalue weighted by Gasteiger charge is -2.16. The van der Waals surface area contributed by atoms with Crippen molar-refractivity contribution in [2.24, 2.45) is 5.41 Å². The van der Waals surface area contributed by atoms with Crippen LogP contribution in [0.3, 0.4) is 0 Å². The maximum atomic E-state index is 9.88. The van der Waals surface area contributed by atoms with Gasteiger partial charge in [-0.05, 0) is 13.8 Å². The maximum absolute atomic E-state index is 9.88. The molecule has 11 heavy (non-hydrogen) atoms. The molecule has 0 rings (SSSR count). The largest absolute Gasteiger partial charge is 0.379 e. The van der Waals surface area contributed by atoms with E-state index in [1.807, 2.05) is 13.8 Å². The highest BCUT2D eigenvalue weighted by Gasteiger charge is 2.12. The van der Waals surface area contributed by atoms with Crippen molar-refractivity contribution in [2.75, 3.05) is 13.2 Å². The summed E-state index contributed by atoms with van der Waals surface area (Å²) in [5.41, 5.74) is -0.219. The number of carbonyl (C=O) groups excluding carboxylic acids is 1. The highest BCUT2D eigenvalue weighted by Crippen LogP contribution is 2.12. The van der Waals surface area contributed by atoms with E-state index in [0.29, 0.717) is 19.6 Å². The molecule has 0 atom stereocenters. The Hall–Kier alpha value is -0.810. The summed E-state index contributed by atoms with van der Waals surface area (Å²) in [7, 11) is 0. The number of hydrogen-bond acceptors (Lipinski definition) is 2. The van der Waals surface area contributed by atoms with Crippen molar-refractivity contribution in [3.8, 4) is 12.3 Å². The summed E-state index contributed by atoms with van der Waals surface area (Å²) in [5.74, 6) is 2.60. The van der Waals surface area contributed by atoms with Crippen LogP contribution >= 0.6 is 0 Å². The molecule has 0 heterocycles. The molecule has 0 saturated carbocycles. The first-order chi connectivity index (χ1) is 5.12. The molecule has 0 N–H and O–H groups in total. The van der Waals surface area contributed by atoms with Gasteiger partial charge in [-0.1, -0.05) is 5.92 Å². The van der Waals surface area contributed by atoms with Gasteiger partial charge in [0, 0.05) is 11.8 Å². The van der Waals surface area contributed by atoms with Crippen LogP contribution in [0.2, 0.25) is 0 Å². The standard InChI is InChI=1S/C9H14O2/c1-4-9(2,3)8-11-7-5-6-10/h1,6H,5,7-8H2,2-3H3. The molecule has 0 aliphatic heterocycles. The molecule has 0 radical (unpaired) electrons. The van der Waals surface area contributed by atoms with Crippen molar-refractivity contribution in [3.05, 3.63) is 0 Å². The molecular formula is C9H14O2. The van der Waals surface area contributed by atoms with E-state index in [1.165, 1.54) is 0 Å². The van der Waals surface area contributed by atoms with Crippen LogP contribution in [0.1, 0.15) is 20.3 Å². The zero-order chi connectivity index (χ0) is 8.74. The smallest absolute Gasteiger partial charge is 0.122 e. The summed E-state index contributed by atoms with van der Waals surface area (Å²) in [5, 5.41) is 0. The molecular weight excluding hydrogens is 140 g/mol. The first-order valence-electron chi connectivity index (χ1n) is 3.61. The van der Waals surface area contributed by atoms with Gasteiger partial charge in [0.1, 0.15) is 6.29 Å². The van der Waals surface area contributed by atoms with Gasteiger partial charge in [-0.15, -0.1) is 6.42 Å². The zero-order valence-electron chi connectivity index (χ0n) is 7.09. The van der Waals surface area contributed by atoms with E-state index in [4.69, 9.17) is 11.2 Å². The van der Waals surface area contributed by atoms with E-state index in [2.05, 4.69) is 5.92 Å². The van der Waals surface area contributed by atoms with E-state index in [1.54, 1.807) is 0 Å². The van der Waals surface area contributed by atoms with Crippen molar-refractivity contribution < 1.29 is 9.53 Å². The van der Waals surface area contributed by atoms with Gasteiger partial charge in [0.05, 0.1) is 13.2 Å². The third-order valence-corrected chi connectivity index (χ3v) is 1.23. The molecule has 0 aromatic carbocycles. The molecule has 0 spiro atoms. The fraction of sp³-hybridized carbons (Fsp3) is 0.667. The second kappa shape index (κ2) is 4.92. The number of carbonyl (C=O) groups is 1. The van der Waals surface area contributed by atoms with Crippen LogP contribution in [0.25, 0.3) is 0 Å². The fourth-order valence-corrected chi connectivity index (χ4v) is 0.500. The Morgan fingerprint density at radius 2 is 2.27 bits per heavy atom. The first kappa shape index (κ1) is 10.2. The van der Waals surface area contributed by atoms with Crippen LogP contribution < -0.4 is 0 Å². The van der Waals surface area contributed by atoms with Crippen LogP contribution in [-0.4, -0.2) is 19.5 Å². The Kier molecular flexibility index (Phi) is 4.56. The summed E-state index contributed by atoms with van der Waals surface area (Å²) in [4.78, 5) is 9.88. The Bertz CT molecular complexity index is 153. The second-order valence-electron chi connectivity index (χ2n) is 3.04. The Labute approximate surface area is 67.9 Å². The third kappa shape index (κ3) is 5.63. The third-order valence-electron chi connectivity index (χ3n) is 1.23. The normalized spacial score (nSPS) is 10.6. The summed E-state index contributed by atoms with van der Waals surface area (Å²) in [6.45, 7) is 4.83. The van der Waals surface area contributed by atoms with Crippen LogP contribution in [-0.2, 0) is 9.53 Å². The number of rotatable bonds is 5. The lowest BCUT2D eigenvalue weighted by Crippen LogP contribution is -2.17. The molecule has 2 heteroatoms. The van der Waals surface area contributed by atoms with Gasteiger partial charge >= 0.3 is 0 Å². The Morgan fingerprint density at radius 3 is 2.73 bits per heavy atom. The van der Waals surface area contributed by atoms with Crippen molar-refractivity contribution >= 4 is 6.29 Å². The zero-order valence-corrected chi connectivity index (χ0v) is 7.09. The van der Waals surface area contributed by atoms with Crippen molar-refractivity contribution in [1.29, 1.82) is 0 Å². The summed E-state index contributed by atoms with van der Waals surface area (Å²) >= 11 is 0. The van der Waals surface area contributed by atoms with E-state index in [-0.39, 0.29) is 5.41 Å². The lowest BCUT2D eigenvalue weighted by atomic mass is 9.97. The van der Waals surface area contributed by atoms with Crippen LogP contribution in [0, 0.1) is 17.8 Å². The molecule has 0 saturated heterocycles. The maximum Gasteiger partial charge on any atom is 0.122 e. The van der Waals surface area contributed by atoms with Gasteiger partial charge in [0.2, 0.25) is 0 Å². The molecule has 0 aromatic heterocycles. The topological polar surface area (TPSA) is 26.3 Å². The highest BCUT2D eigenvalue weighted by atomic mass is 16.5. The molecule has 0 aliphatic carbocycles. The van der Waals surface area contributed by atoms with E-state index >= 15 is 0 Å². The highest BCUT2D eigenvalue weighted by molar-refractivity contribution is 5.49. The SMILES string of the molecule is C#CC(C)(C)COCCC=O. The van der Waals surface area contributed by atoms with Crippen molar-refractivity contribution in [2.45, 2.75) is 20.3 Å². The predicted octanol–water partition coefficient (Wildman–Crippen LogP) is 1.25. The average molecular weight is 154 g/mol. The molecule has 0 amide bonds. The summed E-state index contributed by atoms with van der Waals surface area (Å²) in [6.07, 6.45) is 6.50. The minimum Gasteiger partial charge on any atom is -0.379 e. The summed E-state index contributed by atoms with van der Waals surface area (Å²) < 4.78 is 5.16. The van der Waals surface area contributed by atoms with E-state index in [9.17, 15) is 4.79 Å². The molecule has 0 bridgehead atoms. The van der Waals surface area contributed by atoms with Crippen molar-refractivity contribution in [1.82, 2.24) is 0 Å².